The van der Waals surface area contributed by atoms with Crippen LogP contribution in [0, 0.1) is 6.92 Å². The second kappa shape index (κ2) is 6.50. The Morgan fingerprint density at radius 2 is 1.83 bits per heavy atom. The number of pyridine rings is 1. The fourth-order valence-electron chi connectivity index (χ4n) is 2.10. The molecule has 3 rings (SSSR count). The van der Waals surface area contributed by atoms with Gasteiger partial charge in [0, 0.05) is 22.9 Å². The van der Waals surface area contributed by atoms with Gasteiger partial charge in [0.25, 0.3) is 11.8 Å². The standard InChI is InChI=1S/C17H16BrN3O2/c1-10-2-5-15(14(18)6-10)21-17(23)12-7-11(8-19-9-12)16(22)20-13-3-4-13/h2,5-9,13H,3-4H2,1H3,(H,20,22)(H,21,23). The molecule has 23 heavy (non-hydrogen) atoms. The molecule has 2 amide bonds. The maximum Gasteiger partial charge on any atom is 0.257 e. The first-order chi connectivity index (χ1) is 11.0. The Morgan fingerprint density at radius 3 is 2.48 bits per heavy atom. The van der Waals surface area contributed by atoms with E-state index in [-0.39, 0.29) is 17.9 Å². The normalized spacial score (nSPS) is 13.5. The molecule has 6 heteroatoms. The number of carbonyl (C=O) groups is 2. The summed E-state index contributed by atoms with van der Waals surface area (Å²) < 4.78 is 0.807. The zero-order valence-electron chi connectivity index (χ0n) is 12.6. The number of aromatic nitrogens is 1. The van der Waals surface area contributed by atoms with E-state index in [4.69, 9.17) is 0 Å². The molecule has 5 nitrogen and oxygen atoms in total. The van der Waals surface area contributed by atoms with E-state index < -0.39 is 0 Å². The number of aryl methyl sites for hydroxylation is 1. The average Bonchev–Trinajstić information content (AvgIpc) is 3.34. The van der Waals surface area contributed by atoms with Gasteiger partial charge in [0.15, 0.2) is 0 Å². The van der Waals surface area contributed by atoms with Crippen LogP contribution in [0.15, 0.2) is 41.1 Å². The molecule has 0 radical (unpaired) electrons. The number of halogens is 1. The molecule has 0 spiro atoms. The smallest absolute Gasteiger partial charge is 0.257 e. The molecule has 1 heterocycles. The van der Waals surface area contributed by atoms with Crippen LogP contribution in [-0.4, -0.2) is 22.8 Å². The van der Waals surface area contributed by atoms with E-state index in [1.807, 2.05) is 25.1 Å². The lowest BCUT2D eigenvalue weighted by molar-refractivity contribution is 0.0950. The van der Waals surface area contributed by atoms with Crippen LogP contribution in [0.2, 0.25) is 0 Å². The molecule has 0 aliphatic heterocycles. The Hall–Kier alpha value is -2.21. The minimum atomic E-state index is -0.303. The van der Waals surface area contributed by atoms with Crippen molar-refractivity contribution in [1.82, 2.24) is 10.3 Å². The molecule has 1 saturated carbocycles. The van der Waals surface area contributed by atoms with Gasteiger partial charge in [-0.25, -0.2) is 0 Å². The third-order valence-electron chi connectivity index (χ3n) is 3.55. The maximum atomic E-state index is 12.4. The quantitative estimate of drug-likeness (QED) is 0.863. The highest BCUT2D eigenvalue weighted by Crippen LogP contribution is 2.24. The Balaban J connectivity index is 1.75. The van der Waals surface area contributed by atoms with E-state index in [1.165, 1.54) is 12.4 Å². The largest absolute Gasteiger partial charge is 0.349 e. The van der Waals surface area contributed by atoms with Gasteiger partial charge < -0.3 is 10.6 Å². The van der Waals surface area contributed by atoms with Crippen molar-refractivity contribution in [3.63, 3.8) is 0 Å². The molecule has 0 saturated heterocycles. The lowest BCUT2D eigenvalue weighted by Gasteiger charge is -2.09. The maximum absolute atomic E-state index is 12.4. The summed E-state index contributed by atoms with van der Waals surface area (Å²) in [5.74, 6) is -0.491. The molecule has 1 fully saturated rings. The van der Waals surface area contributed by atoms with Crippen molar-refractivity contribution >= 4 is 33.4 Å². The lowest BCUT2D eigenvalue weighted by atomic mass is 10.1. The zero-order valence-corrected chi connectivity index (χ0v) is 14.2. The fraction of sp³-hybridized carbons (Fsp3) is 0.235. The summed E-state index contributed by atoms with van der Waals surface area (Å²) in [6, 6.07) is 7.49. The van der Waals surface area contributed by atoms with Gasteiger partial charge in [0.1, 0.15) is 0 Å². The van der Waals surface area contributed by atoms with E-state index in [9.17, 15) is 9.59 Å². The Kier molecular flexibility index (Phi) is 4.43. The molecule has 2 N–H and O–H groups in total. The van der Waals surface area contributed by atoms with E-state index in [0.29, 0.717) is 16.8 Å². The van der Waals surface area contributed by atoms with Crippen molar-refractivity contribution in [2.24, 2.45) is 0 Å². The predicted octanol–water partition coefficient (Wildman–Crippen LogP) is 3.30. The van der Waals surface area contributed by atoms with Gasteiger partial charge in [0.05, 0.1) is 16.8 Å². The van der Waals surface area contributed by atoms with Gasteiger partial charge in [-0.2, -0.15) is 0 Å². The highest BCUT2D eigenvalue weighted by molar-refractivity contribution is 9.10. The van der Waals surface area contributed by atoms with Gasteiger partial charge in [-0.3, -0.25) is 14.6 Å². The summed E-state index contributed by atoms with van der Waals surface area (Å²) in [5.41, 5.74) is 2.51. The third kappa shape index (κ3) is 3.96. The van der Waals surface area contributed by atoms with Crippen molar-refractivity contribution in [1.29, 1.82) is 0 Å². The number of rotatable bonds is 4. The second-order valence-electron chi connectivity index (χ2n) is 5.65. The number of nitrogens with one attached hydrogen (secondary N) is 2. The highest BCUT2D eigenvalue weighted by Gasteiger charge is 2.24. The summed E-state index contributed by atoms with van der Waals surface area (Å²) in [6.07, 6.45) is 4.95. The first kappa shape index (κ1) is 15.7. The molecule has 118 valence electrons. The zero-order chi connectivity index (χ0) is 16.4. The SMILES string of the molecule is Cc1ccc(NC(=O)c2cncc(C(=O)NC3CC3)c2)c(Br)c1. The predicted molar refractivity (Wildman–Crippen MR) is 91.6 cm³/mol. The second-order valence-corrected chi connectivity index (χ2v) is 6.50. The van der Waals surface area contributed by atoms with Crippen molar-refractivity contribution in [3.05, 3.63) is 57.8 Å². The van der Waals surface area contributed by atoms with Gasteiger partial charge >= 0.3 is 0 Å². The van der Waals surface area contributed by atoms with Crippen molar-refractivity contribution in [3.8, 4) is 0 Å². The number of anilines is 1. The molecule has 0 atom stereocenters. The van der Waals surface area contributed by atoms with Crippen LogP contribution in [0.4, 0.5) is 5.69 Å². The fourth-order valence-corrected chi connectivity index (χ4v) is 2.69. The summed E-state index contributed by atoms with van der Waals surface area (Å²) in [4.78, 5) is 28.4. The first-order valence-corrected chi connectivity index (χ1v) is 8.15. The summed E-state index contributed by atoms with van der Waals surface area (Å²) in [6.45, 7) is 1.97. The number of carbonyl (C=O) groups excluding carboxylic acids is 2. The number of amides is 2. The van der Waals surface area contributed by atoms with E-state index >= 15 is 0 Å². The number of hydrogen-bond acceptors (Lipinski definition) is 3. The van der Waals surface area contributed by atoms with Crippen molar-refractivity contribution in [2.75, 3.05) is 5.32 Å². The lowest BCUT2D eigenvalue weighted by Crippen LogP contribution is -2.26. The van der Waals surface area contributed by atoms with Crippen molar-refractivity contribution in [2.45, 2.75) is 25.8 Å². The molecule has 1 aromatic carbocycles. The van der Waals surface area contributed by atoms with E-state index in [2.05, 4.69) is 31.5 Å². The molecule has 1 aliphatic rings. The van der Waals surface area contributed by atoms with Gasteiger partial charge in [-0.15, -0.1) is 0 Å². The van der Waals surface area contributed by atoms with E-state index in [0.717, 1.165) is 22.9 Å². The monoisotopic (exact) mass is 373 g/mol. The van der Waals surface area contributed by atoms with E-state index in [1.54, 1.807) is 6.07 Å². The highest BCUT2D eigenvalue weighted by atomic mass is 79.9. The topological polar surface area (TPSA) is 71.1 Å². The van der Waals surface area contributed by atoms with Crippen LogP contribution in [0.25, 0.3) is 0 Å². The first-order valence-electron chi connectivity index (χ1n) is 7.36. The Labute approximate surface area is 142 Å². The van der Waals surface area contributed by atoms with Crippen LogP contribution < -0.4 is 10.6 Å². The number of nitrogens with zero attached hydrogens (tertiary/aromatic N) is 1. The van der Waals surface area contributed by atoms with Crippen LogP contribution in [0.1, 0.15) is 39.1 Å². The van der Waals surface area contributed by atoms with Crippen molar-refractivity contribution < 1.29 is 9.59 Å². The third-order valence-corrected chi connectivity index (χ3v) is 4.20. The van der Waals surface area contributed by atoms with Gasteiger partial charge in [-0.05, 0) is 59.5 Å². The molecule has 0 bridgehead atoms. The molecular weight excluding hydrogens is 358 g/mol. The van der Waals surface area contributed by atoms with Gasteiger partial charge in [-0.1, -0.05) is 6.07 Å². The molecule has 1 aromatic heterocycles. The van der Waals surface area contributed by atoms with Crippen LogP contribution >= 0.6 is 15.9 Å². The number of benzene rings is 1. The van der Waals surface area contributed by atoms with Gasteiger partial charge in [0.2, 0.25) is 0 Å². The summed E-state index contributed by atoms with van der Waals surface area (Å²) in [7, 11) is 0. The average molecular weight is 374 g/mol. The molecule has 0 unspecified atom stereocenters. The minimum absolute atomic E-state index is 0.189. The molecular formula is C17H16BrN3O2. The molecule has 1 aliphatic carbocycles. The van der Waals surface area contributed by atoms with Crippen LogP contribution in [0.5, 0.6) is 0 Å². The minimum Gasteiger partial charge on any atom is -0.349 e. The Bertz CT molecular complexity index is 772. The van der Waals surface area contributed by atoms with Crippen LogP contribution in [0.3, 0.4) is 0 Å². The Morgan fingerprint density at radius 1 is 1.13 bits per heavy atom. The molecule has 2 aromatic rings. The number of hydrogen-bond donors (Lipinski definition) is 2. The van der Waals surface area contributed by atoms with Crippen LogP contribution in [-0.2, 0) is 0 Å². The summed E-state index contributed by atoms with van der Waals surface area (Å²) >= 11 is 3.43. The summed E-state index contributed by atoms with van der Waals surface area (Å²) in [5, 5.41) is 5.70.